The van der Waals surface area contributed by atoms with E-state index in [4.69, 9.17) is 5.73 Å². The van der Waals surface area contributed by atoms with Gasteiger partial charge < -0.3 is 5.73 Å². The second kappa shape index (κ2) is 6.00. The average Bonchev–Trinajstić information content (AvgIpc) is 3.18. The van der Waals surface area contributed by atoms with Crippen molar-refractivity contribution in [2.75, 3.05) is 13.1 Å². The third kappa shape index (κ3) is 4.09. The molecule has 0 aliphatic heterocycles. The Bertz CT molecular complexity index is 289. The highest BCUT2D eigenvalue weighted by atomic mass is 19.4. The Kier molecular flexibility index (Phi) is 4.77. The number of alkyl halides is 3. The molecule has 0 amide bonds. The molecule has 2 aliphatic carbocycles. The number of hydrogen-bond donors (Lipinski definition) is 1. The molecule has 0 aromatic carbocycles. The summed E-state index contributed by atoms with van der Waals surface area (Å²) in [7, 11) is 0. The largest absolute Gasteiger partial charge is 0.401 e. The van der Waals surface area contributed by atoms with Crippen LogP contribution >= 0.6 is 0 Å². The van der Waals surface area contributed by atoms with Gasteiger partial charge >= 0.3 is 6.18 Å². The maximum absolute atomic E-state index is 12.8. The first kappa shape index (κ1) is 15.1. The van der Waals surface area contributed by atoms with Crippen LogP contribution in [0.4, 0.5) is 13.2 Å². The Morgan fingerprint density at radius 1 is 1.16 bits per heavy atom. The molecular formula is C14H25F3N2. The summed E-state index contributed by atoms with van der Waals surface area (Å²) < 4.78 is 38.4. The van der Waals surface area contributed by atoms with Gasteiger partial charge in [0, 0.05) is 12.1 Å². The van der Waals surface area contributed by atoms with E-state index in [1.807, 2.05) is 0 Å². The van der Waals surface area contributed by atoms with Crippen LogP contribution in [0.5, 0.6) is 0 Å². The van der Waals surface area contributed by atoms with Crippen molar-refractivity contribution in [2.24, 2.45) is 17.6 Å². The minimum absolute atomic E-state index is 0.0397. The second-order valence-corrected chi connectivity index (χ2v) is 6.17. The van der Waals surface area contributed by atoms with Crippen molar-refractivity contribution in [1.82, 2.24) is 4.90 Å². The van der Waals surface area contributed by atoms with Crippen LogP contribution in [0.15, 0.2) is 0 Å². The van der Waals surface area contributed by atoms with Crippen molar-refractivity contribution in [3.05, 3.63) is 0 Å². The zero-order chi connectivity index (χ0) is 14.0. The molecule has 2 fully saturated rings. The molecule has 0 radical (unpaired) electrons. The monoisotopic (exact) mass is 278 g/mol. The number of halogens is 3. The number of nitrogens with zero attached hydrogens (tertiary/aromatic N) is 1. The van der Waals surface area contributed by atoms with Crippen molar-refractivity contribution >= 4 is 0 Å². The lowest BCUT2D eigenvalue weighted by Gasteiger charge is -2.43. The van der Waals surface area contributed by atoms with Crippen LogP contribution in [0.1, 0.15) is 45.4 Å². The topological polar surface area (TPSA) is 29.3 Å². The molecule has 2 aliphatic rings. The standard InChI is InChI=1S/C14H25F3N2/c1-2-10-3-4-11(8-18)13(7-10)19(12-5-6-12)9-14(15,16)17/h10-13H,2-9,18H2,1H3. The fourth-order valence-electron chi connectivity index (χ4n) is 3.48. The first-order valence-corrected chi connectivity index (χ1v) is 7.47. The summed E-state index contributed by atoms with van der Waals surface area (Å²) >= 11 is 0. The van der Waals surface area contributed by atoms with E-state index in [0.29, 0.717) is 12.5 Å². The summed E-state index contributed by atoms with van der Waals surface area (Å²) in [6.07, 6.45) is 1.81. The van der Waals surface area contributed by atoms with E-state index in [0.717, 1.165) is 38.5 Å². The summed E-state index contributed by atoms with van der Waals surface area (Å²) in [5.41, 5.74) is 5.79. The Morgan fingerprint density at radius 2 is 1.84 bits per heavy atom. The van der Waals surface area contributed by atoms with Gasteiger partial charge in [-0.2, -0.15) is 13.2 Å². The van der Waals surface area contributed by atoms with Gasteiger partial charge in [-0.05, 0) is 44.1 Å². The maximum atomic E-state index is 12.8. The summed E-state index contributed by atoms with van der Waals surface area (Å²) in [6.45, 7) is 1.90. The van der Waals surface area contributed by atoms with E-state index in [1.54, 1.807) is 4.90 Å². The smallest absolute Gasteiger partial charge is 0.330 e. The van der Waals surface area contributed by atoms with E-state index < -0.39 is 12.7 Å². The van der Waals surface area contributed by atoms with Gasteiger partial charge in [-0.15, -0.1) is 0 Å². The van der Waals surface area contributed by atoms with E-state index in [1.165, 1.54) is 0 Å². The highest BCUT2D eigenvalue weighted by Crippen LogP contribution is 2.40. The SMILES string of the molecule is CCC1CCC(CN)C(N(CC(F)(F)F)C2CC2)C1. The van der Waals surface area contributed by atoms with Crippen LogP contribution in [0.3, 0.4) is 0 Å². The fraction of sp³-hybridized carbons (Fsp3) is 1.00. The van der Waals surface area contributed by atoms with Gasteiger partial charge in [-0.3, -0.25) is 4.90 Å². The lowest BCUT2D eigenvalue weighted by molar-refractivity contribution is -0.157. The van der Waals surface area contributed by atoms with Crippen molar-refractivity contribution in [3.8, 4) is 0 Å². The molecule has 5 heteroatoms. The molecule has 0 spiro atoms. The maximum Gasteiger partial charge on any atom is 0.401 e. The predicted molar refractivity (Wildman–Crippen MR) is 69.7 cm³/mol. The van der Waals surface area contributed by atoms with Crippen molar-refractivity contribution in [1.29, 1.82) is 0 Å². The number of rotatable bonds is 5. The van der Waals surface area contributed by atoms with Gasteiger partial charge in [0.2, 0.25) is 0 Å². The van der Waals surface area contributed by atoms with Crippen molar-refractivity contribution < 1.29 is 13.2 Å². The van der Waals surface area contributed by atoms with E-state index >= 15 is 0 Å². The summed E-state index contributed by atoms with van der Waals surface area (Å²) in [5, 5.41) is 0. The summed E-state index contributed by atoms with van der Waals surface area (Å²) in [5.74, 6) is 0.813. The molecular weight excluding hydrogens is 253 g/mol. The Morgan fingerprint density at radius 3 is 2.32 bits per heavy atom. The van der Waals surface area contributed by atoms with Gasteiger partial charge in [-0.25, -0.2) is 0 Å². The first-order valence-electron chi connectivity index (χ1n) is 7.47. The molecule has 3 atom stereocenters. The first-order chi connectivity index (χ1) is 8.94. The fourth-order valence-corrected chi connectivity index (χ4v) is 3.48. The Labute approximate surface area is 113 Å². The molecule has 3 unspecified atom stereocenters. The van der Waals surface area contributed by atoms with Crippen LogP contribution in [0, 0.1) is 11.8 Å². The average molecular weight is 278 g/mol. The molecule has 2 N–H and O–H groups in total. The molecule has 0 aromatic rings. The molecule has 2 saturated carbocycles. The Hall–Kier alpha value is -0.290. The lowest BCUT2D eigenvalue weighted by Crippen LogP contribution is -2.51. The van der Waals surface area contributed by atoms with Gasteiger partial charge in [0.05, 0.1) is 6.54 Å². The van der Waals surface area contributed by atoms with E-state index in [2.05, 4.69) is 6.92 Å². The van der Waals surface area contributed by atoms with E-state index in [9.17, 15) is 13.2 Å². The van der Waals surface area contributed by atoms with Gasteiger partial charge in [-0.1, -0.05) is 19.8 Å². The highest BCUT2D eigenvalue weighted by Gasteiger charge is 2.44. The highest BCUT2D eigenvalue weighted by molar-refractivity contribution is 4.95. The molecule has 2 rings (SSSR count). The van der Waals surface area contributed by atoms with Crippen LogP contribution in [0.2, 0.25) is 0 Å². The van der Waals surface area contributed by atoms with Crippen LogP contribution in [-0.4, -0.2) is 36.2 Å². The van der Waals surface area contributed by atoms with E-state index in [-0.39, 0.29) is 18.0 Å². The molecule has 2 nitrogen and oxygen atoms in total. The van der Waals surface area contributed by atoms with Crippen LogP contribution in [-0.2, 0) is 0 Å². The summed E-state index contributed by atoms with van der Waals surface area (Å²) in [4.78, 5) is 1.72. The molecule has 0 saturated heterocycles. The zero-order valence-electron chi connectivity index (χ0n) is 11.6. The number of nitrogens with two attached hydrogens (primary N) is 1. The summed E-state index contributed by atoms with van der Waals surface area (Å²) in [6, 6.07) is 0.189. The minimum Gasteiger partial charge on any atom is -0.330 e. The van der Waals surface area contributed by atoms with Crippen molar-refractivity contribution in [2.45, 2.75) is 63.7 Å². The normalized spacial score (nSPS) is 32.8. The Balaban J connectivity index is 2.07. The molecule has 112 valence electrons. The lowest BCUT2D eigenvalue weighted by atomic mass is 9.76. The molecule has 0 aromatic heterocycles. The molecule has 19 heavy (non-hydrogen) atoms. The van der Waals surface area contributed by atoms with Crippen molar-refractivity contribution in [3.63, 3.8) is 0 Å². The van der Waals surface area contributed by atoms with Gasteiger partial charge in [0.1, 0.15) is 0 Å². The zero-order valence-corrected chi connectivity index (χ0v) is 11.6. The van der Waals surface area contributed by atoms with Crippen LogP contribution < -0.4 is 5.73 Å². The quantitative estimate of drug-likeness (QED) is 0.837. The molecule has 0 heterocycles. The van der Waals surface area contributed by atoms with Gasteiger partial charge in [0.15, 0.2) is 0 Å². The second-order valence-electron chi connectivity index (χ2n) is 6.17. The van der Waals surface area contributed by atoms with Crippen LogP contribution in [0.25, 0.3) is 0 Å². The molecule has 0 bridgehead atoms. The third-order valence-corrected chi connectivity index (χ3v) is 4.75. The van der Waals surface area contributed by atoms with Gasteiger partial charge in [0.25, 0.3) is 0 Å². The minimum atomic E-state index is -4.10. The predicted octanol–water partition coefficient (Wildman–Crippen LogP) is 3.17. The number of hydrogen-bond acceptors (Lipinski definition) is 2. The third-order valence-electron chi connectivity index (χ3n) is 4.75.